The summed E-state index contributed by atoms with van der Waals surface area (Å²) in [5.74, 6) is 0.323. The van der Waals surface area contributed by atoms with Crippen LogP contribution in [0, 0.1) is 17.7 Å². The summed E-state index contributed by atoms with van der Waals surface area (Å²) in [6, 6.07) is 4.37. The number of hydrogen-bond donors (Lipinski definition) is 2. The Kier molecular flexibility index (Phi) is 3.80. The lowest BCUT2D eigenvalue weighted by molar-refractivity contribution is 0.0946. The summed E-state index contributed by atoms with van der Waals surface area (Å²) in [7, 11) is 0. The fraction of sp³-hybridized carbons (Fsp3) is 0.417. The lowest BCUT2D eigenvalue weighted by atomic mass is 10.2. The van der Waals surface area contributed by atoms with Gasteiger partial charge in [-0.05, 0) is 30.0 Å². The topological polar surface area (TPSA) is 41.1 Å². The van der Waals surface area contributed by atoms with E-state index in [1.165, 1.54) is 18.2 Å². The Morgan fingerprint density at radius 3 is 2.67 bits per heavy atom. The molecule has 2 unspecified atom stereocenters. The summed E-state index contributed by atoms with van der Waals surface area (Å²) in [6.45, 7) is 1.93. The lowest BCUT2D eigenvalue weighted by Crippen LogP contribution is -2.32. The first kappa shape index (κ1) is 13.6. The zero-order valence-electron chi connectivity index (χ0n) is 9.45. The summed E-state index contributed by atoms with van der Waals surface area (Å²) < 4.78 is 13.2. The van der Waals surface area contributed by atoms with Crippen molar-refractivity contribution in [2.75, 3.05) is 13.1 Å². The van der Waals surface area contributed by atoms with E-state index in [0.29, 0.717) is 17.4 Å². The van der Waals surface area contributed by atoms with Crippen molar-refractivity contribution in [1.29, 1.82) is 0 Å². The molecule has 1 amide bonds. The molecule has 6 heteroatoms. The van der Waals surface area contributed by atoms with Gasteiger partial charge in [0.15, 0.2) is 0 Å². The predicted molar refractivity (Wildman–Crippen MR) is 69.8 cm³/mol. The van der Waals surface area contributed by atoms with Gasteiger partial charge in [0.05, 0.1) is 5.02 Å². The molecule has 1 aromatic rings. The van der Waals surface area contributed by atoms with Crippen molar-refractivity contribution in [1.82, 2.24) is 10.6 Å². The Bertz CT molecular complexity index is 473. The van der Waals surface area contributed by atoms with Gasteiger partial charge in [0.1, 0.15) is 5.82 Å². The Labute approximate surface area is 115 Å². The van der Waals surface area contributed by atoms with Crippen molar-refractivity contribution in [3.05, 3.63) is 34.6 Å². The molecule has 98 valence electrons. The van der Waals surface area contributed by atoms with E-state index in [-0.39, 0.29) is 29.4 Å². The molecule has 3 rings (SSSR count). The Balaban J connectivity index is 0.00000120. The third-order valence-electron chi connectivity index (χ3n) is 3.57. The molecule has 1 aromatic carbocycles. The van der Waals surface area contributed by atoms with Crippen LogP contribution in [0.5, 0.6) is 0 Å². The van der Waals surface area contributed by atoms with E-state index in [0.717, 1.165) is 13.1 Å². The Morgan fingerprint density at radius 2 is 2.06 bits per heavy atom. The van der Waals surface area contributed by atoms with E-state index < -0.39 is 5.82 Å². The van der Waals surface area contributed by atoms with Crippen LogP contribution in [-0.4, -0.2) is 25.0 Å². The number of halogens is 3. The summed E-state index contributed by atoms with van der Waals surface area (Å²) in [4.78, 5) is 11.8. The highest BCUT2D eigenvalue weighted by atomic mass is 35.5. The molecule has 18 heavy (non-hydrogen) atoms. The molecule has 1 saturated heterocycles. The maximum Gasteiger partial charge on any atom is 0.251 e. The molecule has 3 nitrogen and oxygen atoms in total. The normalized spacial score (nSPS) is 28.2. The van der Waals surface area contributed by atoms with E-state index >= 15 is 0 Å². The highest BCUT2D eigenvalue weighted by Crippen LogP contribution is 2.41. The van der Waals surface area contributed by atoms with E-state index in [4.69, 9.17) is 11.6 Å². The van der Waals surface area contributed by atoms with E-state index in [9.17, 15) is 9.18 Å². The van der Waals surface area contributed by atoms with Crippen LogP contribution in [-0.2, 0) is 0 Å². The standard InChI is InChI=1S/C12H12ClFN2O.ClH/c13-9-2-1-6(3-10(9)14)12(17)16-11-7-4-15-5-8(7)11;/h1-3,7-8,11,15H,4-5H2,(H,16,17);1H. The number of benzene rings is 1. The zero-order chi connectivity index (χ0) is 12.0. The maximum atomic E-state index is 13.2. The molecule has 0 bridgehead atoms. The average Bonchev–Trinajstić information content (AvgIpc) is 2.76. The number of hydrogen-bond acceptors (Lipinski definition) is 2. The van der Waals surface area contributed by atoms with Crippen LogP contribution < -0.4 is 10.6 Å². The van der Waals surface area contributed by atoms with Crippen LogP contribution in [0.3, 0.4) is 0 Å². The van der Waals surface area contributed by atoms with Crippen molar-refractivity contribution in [2.24, 2.45) is 11.8 Å². The molecule has 0 spiro atoms. The first-order chi connectivity index (χ1) is 8.16. The average molecular weight is 291 g/mol. The second-order valence-corrected chi connectivity index (χ2v) is 5.02. The van der Waals surface area contributed by atoms with E-state index in [1.807, 2.05) is 0 Å². The first-order valence-electron chi connectivity index (χ1n) is 5.63. The summed E-state index contributed by atoms with van der Waals surface area (Å²) in [5, 5.41) is 6.22. The molecule has 2 atom stereocenters. The fourth-order valence-electron chi connectivity index (χ4n) is 2.50. The summed E-state index contributed by atoms with van der Waals surface area (Å²) in [5.41, 5.74) is 0.324. The molecule has 1 heterocycles. The highest BCUT2D eigenvalue weighted by molar-refractivity contribution is 6.30. The van der Waals surface area contributed by atoms with Crippen LogP contribution in [0.15, 0.2) is 18.2 Å². The predicted octanol–water partition coefficient (Wildman–Crippen LogP) is 1.85. The third-order valence-corrected chi connectivity index (χ3v) is 3.88. The second kappa shape index (κ2) is 5.03. The SMILES string of the molecule is Cl.O=C(NC1C2CNCC21)c1ccc(Cl)c(F)c1. The minimum Gasteiger partial charge on any atom is -0.349 e. The van der Waals surface area contributed by atoms with Crippen LogP contribution in [0.1, 0.15) is 10.4 Å². The molecule has 2 N–H and O–H groups in total. The molecule has 1 saturated carbocycles. The van der Waals surface area contributed by atoms with Crippen molar-refractivity contribution in [3.63, 3.8) is 0 Å². The number of piperidine rings is 1. The van der Waals surface area contributed by atoms with Gasteiger partial charge in [-0.3, -0.25) is 4.79 Å². The van der Waals surface area contributed by atoms with Gasteiger partial charge in [-0.1, -0.05) is 11.6 Å². The third kappa shape index (κ3) is 2.32. The molecule has 1 aliphatic heterocycles. The van der Waals surface area contributed by atoms with Crippen LogP contribution >= 0.6 is 24.0 Å². The van der Waals surface area contributed by atoms with Gasteiger partial charge in [0.25, 0.3) is 5.91 Å². The zero-order valence-corrected chi connectivity index (χ0v) is 11.0. The molecule has 2 aliphatic rings. The smallest absolute Gasteiger partial charge is 0.251 e. The number of rotatable bonds is 2. The molecular formula is C12H13Cl2FN2O. The molecule has 0 radical (unpaired) electrons. The minimum atomic E-state index is -0.558. The number of nitrogens with one attached hydrogen (secondary N) is 2. The lowest BCUT2D eigenvalue weighted by Gasteiger charge is -2.08. The largest absolute Gasteiger partial charge is 0.349 e. The van der Waals surface area contributed by atoms with Gasteiger partial charge in [0, 0.05) is 24.7 Å². The molecule has 0 aromatic heterocycles. The van der Waals surface area contributed by atoms with Crippen molar-refractivity contribution >= 4 is 29.9 Å². The fourth-order valence-corrected chi connectivity index (χ4v) is 2.62. The van der Waals surface area contributed by atoms with Gasteiger partial charge in [-0.25, -0.2) is 4.39 Å². The summed E-state index contributed by atoms with van der Waals surface area (Å²) in [6.07, 6.45) is 0. The molecule has 1 aliphatic carbocycles. The van der Waals surface area contributed by atoms with Crippen molar-refractivity contribution in [3.8, 4) is 0 Å². The van der Waals surface area contributed by atoms with Crippen molar-refractivity contribution in [2.45, 2.75) is 6.04 Å². The van der Waals surface area contributed by atoms with Crippen LogP contribution in [0.4, 0.5) is 4.39 Å². The molecular weight excluding hydrogens is 278 g/mol. The first-order valence-corrected chi connectivity index (χ1v) is 6.01. The Morgan fingerprint density at radius 1 is 1.39 bits per heavy atom. The van der Waals surface area contributed by atoms with Gasteiger partial charge in [-0.15, -0.1) is 12.4 Å². The van der Waals surface area contributed by atoms with Crippen LogP contribution in [0.2, 0.25) is 5.02 Å². The van der Waals surface area contributed by atoms with E-state index in [1.54, 1.807) is 0 Å². The Hall–Kier alpha value is -0.840. The number of amides is 1. The second-order valence-electron chi connectivity index (χ2n) is 4.61. The number of carbonyl (C=O) groups is 1. The van der Waals surface area contributed by atoms with Crippen molar-refractivity contribution < 1.29 is 9.18 Å². The van der Waals surface area contributed by atoms with Gasteiger partial charge in [-0.2, -0.15) is 0 Å². The van der Waals surface area contributed by atoms with Gasteiger partial charge >= 0.3 is 0 Å². The van der Waals surface area contributed by atoms with Crippen LogP contribution in [0.25, 0.3) is 0 Å². The molecule has 2 fully saturated rings. The highest BCUT2D eigenvalue weighted by Gasteiger charge is 2.53. The quantitative estimate of drug-likeness (QED) is 0.873. The van der Waals surface area contributed by atoms with E-state index in [2.05, 4.69) is 10.6 Å². The summed E-state index contributed by atoms with van der Waals surface area (Å²) >= 11 is 5.57. The number of carbonyl (C=O) groups excluding carboxylic acids is 1. The monoisotopic (exact) mass is 290 g/mol. The van der Waals surface area contributed by atoms with Gasteiger partial charge < -0.3 is 10.6 Å². The number of fused-ring (bicyclic) bond motifs is 1. The minimum absolute atomic E-state index is 0. The van der Waals surface area contributed by atoms with Gasteiger partial charge in [0.2, 0.25) is 0 Å². The maximum absolute atomic E-state index is 13.2.